The SMILES string of the molecule is CCCNC(=O)[C@H](C)N(Cc1cccc(Cl)c1)C(=O)CSCc1cc(C)cc(C)c1. The summed E-state index contributed by atoms with van der Waals surface area (Å²) in [7, 11) is 0. The van der Waals surface area contributed by atoms with Gasteiger partial charge in [-0.05, 0) is 50.5 Å². The smallest absolute Gasteiger partial charge is 0.242 e. The van der Waals surface area contributed by atoms with Crippen molar-refractivity contribution in [3.63, 3.8) is 0 Å². The van der Waals surface area contributed by atoms with Crippen LogP contribution in [-0.4, -0.2) is 35.1 Å². The number of amides is 2. The number of hydrogen-bond donors (Lipinski definition) is 1. The molecule has 1 atom stereocenters. The van der Waals surface area contributed by atoms with Crippen LogP contribution in [-0.2, 0) is 21.9 Å². The average molecular weight is 447 g/mol. The Morgan fingerprint density at radius 3 is 2.43 bits per heavy atom. The Kier molecular flexibility index (Phi) is 9.73. The first kappa shape index (κ1) is 24.3. The third-order valence-electron chi connectivity index (χ3n) is 4.73. The summed E-state index contributed by atoms with van der Waals surface area (Å²) in [4.78, 5) is 27.2. The largest absolute Gasteiger partial charge is 0.354 e. The minimum Gasteiger partial charge on any atom is -0.354 e. The molecule has 0 aliphatic heterocycles. The van der Waals surface area contributed by atoms with Crippen LogP contribution in [0.3, 0.4) is 0 Å². The molecule has 6 heteroatoms. The lowest BCUT2D eigenvalue weighted by molar-refractivity contribution is -0.138. The molecule has 0 unspecified atom stereocenters. The Hall–Kier alpha value is -1.98. The molecule has 1 N–H and O–H groups in total. The van der Waals surface area contributed by atoms with E-state index in [4.69, 9.17) is 11.6 Å². The van der Waals surface area contributed by atoms with E-state index in [1.54, 1.807) is 29.7 Å². The highest BCUT2D eigenvalue weighted by Gasteiger charge is 2.25. The number of nitrogens with zero attached hydrogens (tertiary/aromatic N) is 1. The summed E-state index contributed by atoms with van der Waals surface area (Å²) in [5.74, 6) is 0.893. The van der Waals surface area contributed by atoms with E-state index >= 15 is 0 Å². The van der Waals surface area contributed by atoms with Crippen LogP contribution in [0.15, 0.2) is 42.5 Å². The van der Waals surface area contributed by atoms with Crippen LogP contribution in [0, 0.1) is 13.8 Å². The number of aryl methyl sites for hydroxylation is 2. The highest BCUT2D eigenvalue weighted by molar-refractivity contribution is 7.99. The summed E-state index contributed by atoms with van der Waals surface area (Å²) in [5.41, 5.74) is 4.56. The molecule has 0 bridgehead atoms. The van der Waals surface area contributed by atoms with Crippen LogP contribution < -0.4 is 5.32 Å². The van der Waals surface area contributed by atoms with E-state index in [1.807, 2.05) is 25.1 Å². The standard InChI is InChI=1S/C24H31ClN2O2S/c1-5-9-26-24(29)19(4)27(14-20-7-6-8-22(25)13-20)23(28)16-30-15-21-11-17(2)10-18(3)12-21/h6-8,10-13,19H,5,9,14-16H2,1-4H3,(H,26,29)/t19-/m0/s1. The molecule has 4 nitrogen and oxygen atoms in total. The van der Waals surface area contributed by atoms with Gasteiger partial charge in [0, 0.05) is 23.9 Å². The van der Waals surface area contributed by atoms with Crippen LogP contribution in [0.1, 0.15) is 42.5 Å². The molecule has 162 valence electrons. The molecule has 30 heavy (non-hydrogen) atoms. The number of halogens is 1. The lowest BCUT2D eigenvalue weighted by Gasteiger charge is -2.29. The summed E-state index contributed by atoms with van der Waals surface area (Å²) >= 11 is 7.68. The van der Waals surface area contributed by atoms with Gasteiger partial charge in [-0.15, -0.1) is 11.8 Å². The van der Waals surface area contributed by atoms with E-state index in [0.29, 0.717) is 23.9 Å². The normalized spacial score (nSPS) is 11.8. The molecule has 0 aliphatic carbocycles. The van der Waals surface area contributed by atoms with E-state index in [9.17, 15) is 9.59 Å². The molecule has 2 aromatic carbocycles. The van der Waals surface area contributed by atoms with Gasteiger partial charge in [0.2, 0.25) is 11.8 Å². The molecular weight excluding hydrogens is 416 g/mol. The second kappa shape index (κ2) is 12.0. The Balaban J connectivity index is 2.07. The van der Waals surface area contributed by atoms with Crippen molar-refractivity contribution in [2.24, 2.45) is 0 Å². The number of carbonyl (C=O) groups is 2. The minimum absolute atomic E-state index is 0.0523. The molecule has 2 amide bonds. The van der Waals surface area contributed by atoms with Crippen LogP contribution in [0.5, 0.6) is 0 Å². The van der Waals surface area contributed by atoms with Gasteiger partial charge in [-0.3, -0.25) is 9.59 Å². The van der Waals surface area contributed by atoms with Crippen molar-refractivity contribution in [3.8, 4) is 0 Å². The number of benzene rings is 2. The lowest BCUT2D eigenvalue weighted by Crippen LogP contribution is -2.48. The maximum atomic E-state index is 13.1. The first-order valence-electron chi connectivity index (χ1n) is 10.3. The second-order valence-corrected chi connectivity index (χ2v) is 9.03. The third kappa shape index (κ3) is 7.69. The molecule has 2 rings (SSSR count). The van der Waals surface area contributed by atoms with Gasteiger partial charge in [0.15, 0.2) is 0 Å². The van der Waals surface area contributed by atoms with Crippen LogP contribution >= 0.6 is 23.4 Å². The first-order chi connectivity index (χ1) is 14.3. The van der Waals surface area contributed by atoms with Gasteiger partial charge in [-0.2, -0.15) is 0 Å². The van der Waals surface area contributed by atoms with Gasteiger partial charge < -0.3 is 10.2 Å². The Bertz CT molecular complexity index is 852. The van der Waals surface area contributed by atoms with E-state index in [1.165, 1.54) is 16.7 Å². The van der Waals surface area contributed by atoms with Crippen molar-refractivity contribution in [2.45, 2.75) is 52.5 Å². The number of carbonyl (C=O) groups excluding carboxylic acids is 2. The molecule has 0 radical (unpaired) electrons. The zero-order valence-electron chi connectivity index (χ0n) is 18.2. The zero-order valence-corrected chi connectivity index (χ0v) is 19.8. The molecular formula is C24H31ClN2O2S. The van der Waals surface area contributed by atoms with Crippen LogP contribution in [0.2, 0.25) is 5.02 Å². The van der Waals surface area contributed by atoms with Crippen molar-refractivity contribution < 1.29 is 9.59 Å². The number of thioether (sulfide) groups is 1. The van der Waals surface area contributed by atoms with Gasteiger partial charge in [0.25, 0.3) is 0 Å². The van der Waals surface area contributed by atoms with E-state index in [2.05, 4.69) is 37.4 Å². The molecule has 0 saturated heterocycles. The van der Waals surface area contributed by atoms with E-state index < -0.39 is 6.04 Å². The number of hydrogen-bond acceptors (Lipinski definition) is 3. The van der Waals surface area contributed by atoms with E-state index in [-0.39, 0.29) is 11.8 Å². The lowest BCUT2D eigenvalue weighted by atomic mass is 10.1. The Morgan fingerprint density at radius 2 is 1.80 bits per heavy atom. The average Bonchev–Trinajstić information content (AvgIpc) is 2.69. The van der Waals surface area contributed by atoms with Crippen molar-refractivity contribution in [1.29, 1.82) is 0 Å². The van der Waals surface area contributed by atoms with Crippen LogP contribution in [0.4, 0.5) is 0 Å². The Morgan fingerprint density at radius 1 is 1.10 bits per heavy atom. The fourth-order valence-corrected chi connectivity index (χ4v) is 4.36. The third-order valence-corrected chi connectivity index (χ3v) is 5.96. The molecule has 0 heterocycles. The van der Waals surface area contributed by atoms with Gasteiger partial charge >= 0.3 is 0 Å². The van der Waals surface area contributed by atoms with Gasteiger partial charge in [-0.25, -0.2) is 0 Å². The predicted octanol–water partition coefficient (Wildman–Crippen LogP) is 5.13. The molecule has 0 aliphatic rings. The van der Waals surface area contributed by atoms with Crippen molar-refractivity contribution in [2.75, 3.05) is 12.3 Å². The summed E-state index contributed by atoms with van der Waals surface area (Å²) < 4.78 is 0. The van der Waals surface area contributed by atoms with Crippen molar-refractivity contribution >= 4 is 35.2 Å². The summed E-state index contributed by atoms with van der Waals surface area (Å²) in [5, 5.41) is 3.51. The maximum Gasteiger partial charge on any atom is 0.242 e. The molecule has 0 fully saturated rings. The molecule has 0 saturated carbocycles. The monoisotopic (exact) mass is 446 g/mol. The number of rotatable bonds is 10. The van der Waals surface area contributed by atoms with Gasteiger partial charge in [0.1, 0.15) is 6.04 Å². The topological polar surface area (TPSA) is 49.4 Å². The first-order valence-corrected chi connectivity index (χ1v) is 11.8. The molecule has 0 spiro atoms. The minimum atomic E-state index is -0.551. The van der Waals surface area contributed by atoms with Gasteiger partial charge in [-0.1, -0.05) is 60.0 Å². The quantitative estimate of drug-likeness (QED) is 0.550. The maximum absolute atomic E-state index is 13.1. The highest BCUT2D eigenvalue weighted by atomic mass is 35.5. The zero-order chi connectivity index (χ0) is 22.1. The van der Waals surface area contributed by atoms with Crippen LogP contribution in [0.25, 0.3) is 0 Å². The van der Waals surface area contributed by atoms with Crippen molar-refractivity contribution in [1.82, 2.24) is 10.2 Å². The number of nitrogens with one attached hydrogen (secondary N) is 1. The van der Waals surface area contributed by atoms with Crippen molar-refractivity contribution in [3.05, 3.63) is 69.7 Å². The van der Waals surface area contributed by atoms with Gasteiger partial charge in [0.05, 0.1) is 5.75 Å². The fraction of sp³-hybridized carbons (Fsp3) is 0.417. The fourth-order valence-electron chi connectivity index (χ4n) is 3.30. The second-order valence-electron chi connectivity index (χ2n) is 7.61. The Labute approximate surface area is 189 Å². The highest BCUT2D eigenvalue weighted by Crippen LogP contribution is 2.19. The summed E-state index contributed by atoms with van der Waals surface area (Å²) in [6.07, 6.45) is 0.854. The molecule has 2 aromatic rings. The molecule has 0 aromatic heterocycles. The predicted molar refractivity (Wildman–Crippen MR) is 127 cm³/mol. The van der Waals surface area contributed by atoms with E-state index in [0.717, 1.165) is 17.7 Å². The summed E-state index contributed by atoms with van der Waals surface area (Å²) in [6, 6.07) is 13.3. The summed E-state index contributed by atoms with van der Waals surface area (Å²) in [6.45, 7) is 8.89.